The SMILES string of the molecule is Cc1ccc(C(=O)N/N=C/c2ccc(Br)cc2)cc1[N+](=O)[O-]. The third-order valence-corrected chi connectivity index (χ3v) is 3.45. The van der Waals surface area contributed by atoms with E-state index in [1.807, 2.05) is 24.3 Å². The molecule has 0 aliphatic carbocycles. The molecule has 0 spiro atoms. The summed E-state index contributed by atoms with van der Waals surface area (Å²) in [6.45, 7) is 1.62. The van der Waals surface area contributed by atoms with Crippen molar-refractivity contribution in [2.75, 3.05) is 0 Å². The molecule has 0 radical (unpaired) electrons. The molecule has 0 unspecified atom stereocenters. The van der Waals surface area contributed by atoms with Crippen molar-refractivity contribution in [3.63, 3.8) is 0 Å². The minimum atomic E-state index is -0.517. The Kier molecular flexibility index (Phi) is 5.00. The lowest BCUT2D eigenvalue weighted by Crippen LogP contribution is -2.17. The maximum absolute atomic E-state index is 11.9. The van der Waals surface area contributed by atoms with Crippen LogP contribution >= 0.6 is 15.9 Å². The molecule has 6 nitrogen and oxygen atoms in total. The van der Waals surface area contributed by atoms with E-state index in [0.717, 1.165) is 10.0 Å². The van der Waals surface area contributed by atoms with Gasteiger partial charge in [-0.2, -0.15) is 5.10 Å². The molecule has 0 aliphatic heterocycles. The van der Waals surface area contributed by atoms with Crippen molar-refractivity contribution < 1.29 is 9.72 Å². The first kappa shape index (κ1) is 15.8. The van der Waals surface area contributed by atoms with Crippen LogP contribution in [0.1, 0.15) is 21.5 Å². The minimum absolute atomic E-state index is 0.0930. The highest BCUT2D eigenvalue weighted by atomic mass is 79.9. The second-order valence-corrected chi connectivity index (χ2v) is 5.42. The van der Waals surface area contributed by atoms with E-state index in [1.165, 1.54) is 24.4 Å². The van der Waals surface area contributed by atoms with Gasteiger partial charge in [-0.15, -0.1) is 0 Å². The molecule has 2 aromatic carbocycles. The second-order valence-electron chi connectivity index (χ2n) is 4.51. The summed E-state index contributed by atoms with van der Waals surface area (Å²) >= 11 is 3.32. The zero-order valence-electron chi connectivity index (χ0n) is 11.6. The summed E-state index contributed by atoms with van der Waals surface area (Å²) < 4.78 is 0.945. The smallest absolute Gasteiger partial charge is 0.267 e. The molecule has 0 bridgehead atoms. The molecule has 2 aromatic rings. The predicted molar refractivity (Wildman–Crippen MR) is 87.0 cm³/mol. The van der Waals surface area contributed by atoms with Crippen LogP contribution in [0, 0.1) is 17.0 Å². The first-order valence-electron chi connectivity index (χ1n) is 6.31. The van der Waals surface area contributed by atoms with Crippen LogP contribution in [0.15, 0.2) is 52.0 Å². The topological polar surface area (TPSA) is 84.6 Å². The maximum atomic E-state index is 11.9. The highest BCUT2D eigenvalue weighted by Gasteiger charge is 2.14. The number of hydrogen-bond acceptors (Lipinski definition) is 4. The first-order valence-corrected chi connectivity index (χ1v) is 7.10. The Morgan fingerprint density at radius 1 is 1.27 bits per heavy atom. The monoisotopic (exact) mass is 361 g/mol. The molecule has 0 aromatic heterocycles. The minimum Gasteiger partial charge on any atom is -0.267 e. The number of carbonyl (C=O) groups is 1. The fourth-order valence-corrected chi connectivity index (χ4v) is 1.99. The van der Waals surface area contributed by atoms with Gasteiger partial charge in [-0.05, 0) is 30.7 Å². The van der Waals surface area contributed by atoms with E-state index in [0.29, 0.717) is 5.56 Å². The standard InChI is InChI=1S/C15H12BrN3O3/c1-10-2-5-12(8-14(10)19(21)22)15(20)18-17-9-11-3-6-13(16)7-4-11/h2-9H,1H3,(H,18,20)/b17-9+. The van der Waals surface area contributed by atoms with E-state index in [2.05, 4.69) is 26.5 Å². The number of aryl methyl sites for hydroxylation is 1. The summed E-state index contributed by atoms with van der Waals surface area (Å²) in [5.74, 6) is -0.503. The van der Waals surface area contributed by atoms with Crippen molar-refractivity contribution in [1.82, 2.24) is 5.43 Å². The van der Waals surface area contributed by atoms with Crippen LogP contribution in [0.5, 0.6) is 0 Å². The molecule has 7 heteroatoms. The van der Waals surface area contributed by atoms with Crippen LogP contribution in [0.3, 0.4) is 0 Å². The molecule has 0 heterocycles. The van der Waals surface area contributed by atoms with Gasteiger partial charge in [-0.3, -0.25) is 14.9 Å². The van der Waals surface area contributed by atoms with Crippen LogP contribution in [-0.4, -0.2) is 17.0 Å². The van der Waals surface area contributed by atoms with Gasteiger partial charge in [-0.1, -0.05) is 34.1 Å². The van der Waals surface area contributed by atoms with Crippen molar-refractivity contribution in [3.05, 3.63) is 73.7 Å². The van der Waals surface area contributed by atoms with E-state index in [-0.39, 0.29) is 11.3 Å². The molecule has 0 fully saturated rings. The Morgan fingerprint density at radius 3 is 2.59 bits per heavy atom. The molecule has 1 N–H and O–H groups in total. The number of nitrogens with zero attached hydrogens (tertiary/aromatic N) is 2. The van der Waals surface area contributed by atoms with E-state index < -0.39 is 10.8 Å². The van der Waals surface area contributed by atoms with Gasteiger partial charge < -0.3 is 0 Å². The summed E-state index contributed by atoms with van der Waals surface area (Å²) in [5.41, 5.74) is 3.75. The van der Waals surface area contributed by atoms with Crippen molar-refractivity contribution in [2.24, 2.45) is 5.10 Å². The number of rotatable bonds is 4. The van der Waals surface area contributed by atoms with Crippen molar-refractivity contribution in [3.8, 4) is 0 Å². The zero-order valence-corrected chi connectivity index (χ0v) is 13.2. The summed E-state index contributed by atoms with van der Waals surface area (Å²) in [5, 5.41) is 14.7. The number of benzene rings is 2. The number of hydrogen-bond donors (Lipinski definition) is 1. The average molecular weight is 362 g/mol. The largest absolute Gasteiger partial charge is 0.273 e. The predicted octanol–water partition coefficient (Wildman–Crippen LogP) is 3.43. The van der Waals surface area contributed by atoms with E-state index in [1.54, 1.807) is 6.92 Å². The third kappa shape index (κ3) is 3.98. The van der Waals surface area contributed by atoms with E-state index in [4.69, 9.17) is 0 Å². The van der Waals surface area contributed by atoms with Crippen LogP contribution in [0.25, 0.3) is 0 Å². The number of amides is 1. The lowest BCUT2D eigenvalue weighted by Gasteiger charge is -2.02. The third-order valence-electron chi connectivity index (χ3n) is 2.92. The van der Waals surface area contributed by atoms with Crippen molar-refractivity contribution in [1.29, 1.82) is 0 Å². The van der Waals surface area contributed by atoms with Crippen LogP contribution in [0.4, 0.5) is 5.69 Å². The molecule has 2 rings (SSSR count). The maximum Gasteiger partial charge on any atom is 0.273 e. The number of nitro benzene ring substituents is 1. The van der Waals surface area contributed by atoms with Gasteiger partial charge in [0, 0.05) is 21.7 Å². The van der Waals surface area contributed by atoms with Crippen molar-refractivity contribution >= 4 is 33.7 Å². The number of nitrogens with one attached hydrogen (secondary N) is 1. The fourth-order valence-electron chi connectivity index (χ4n) is 1.73. The van der Waals surface area contributed by atoms with Crippen LogP contribution < -0.4 is 5.43 Å². The highest BCUT2D eigenvalue weighted by Crippen LogP contribution is 2.19. The first-order chi connectivity index (χ1) is 10.5. The van der Waals surface area contributed by atoms with E-state index in [9.17, 15) is 14.9 Å². The van der Waals surface area contributed by atoms with Crippen molar-refractivity contribution in [2.45, 2.75) is 6.92 Å². The molecule has 112 valence electrons. The second kappa shape index (κ2) is 6.95. The van der Waals surface area contributed by atoms with Crippen LogP contribution in [-0.2, 0) is 0 Å². The summed E-state index contributed by atoms with van der Waals surface area (Å²) in [7, 11) is 0. The Balaban J connectivity index is 2.08. The summed E-state index contributed by atoms with van der Waals surface area (Å²) in [6.07, 6.45) is 1.49. The molecule has 0 atom stereocenters. The van der Waals surface area contributed by atoms with Gasteiger partial charge >= 0.3 is 0 Å². The Labute approximate surface area is 135 Å². The summed E-state index contributed by atoms with van der Waals surface area (Å²) in [4.78, 5) is 22.3. The molecule has 1 amide bonds. The summed E-state index contributed by atoms with van der Waals surface area (Å²) in [6, 6.07) is 11.7. The molecule has 0 saturated heterocycles. The van der Waals surface area contributed by atoms with Gasteiger partial charge in [0.25, 0.3) is 11.6 Å². The zero-order chi connectivity index (χ0) is 16.1. The molecule has 22 heavy (non-hydrogen) atoms. The number of hydrazone groups is 1. The Bertz CT molecular complexity index is 742. The van der Waals surface area contributed by atoms with E-state index >= 15 is 0 Å². The Morgan fingerprint density at radius 2 is 1.95 bits per heavy atom. The average Bonchev–Trinajstić information content (AvgIpc) is 2.49. The van der Waals surface area contributed by atoms with Gasteiger partial charge in [0.1, 0.15) is 0 Å². The molecule has 0 aliphatic rings. The number of nitro groups is 1. The highest BCUT2D eigenvalue weighted by molar-refractivity contribution is 9.10. The lowest BCUT2D eigenvalue weighted by atomic mass is 10.1. The fraction of sp³-hybridized carbons (Fsp3) is 0.0667. The molecular weight excluding hydrogens is 350 g/mol. The van der Waals surface area contributed by atoms with Gasteiger partial charge in [0.15, 0.2) is 0 Å². The molecule has 0 saturated carbocycles. The van der Waals surface area contributed by atoms with Gasteiger partial charge in [0.2, 0.25) is 0 Å². The normalized spacial score (nSPS) is 10.6. The van der Waals surface area contributed by atoms with Gasteiger partial charge in [-0.25, -0.2) is 5.43 Å². The lowest BCUT2D eigenvalue weighted by molar-refractivity contribution is -0.385. The number of halogens is 1. The quantitative estimate of drug-likeness (QED) is 0.514. The molecular formula is C15H12BrN3O3. The van der Waals surface area contributed by atoms with Gasteiger partial charge in [0.05, 0.1) is 11.1 Å². The Hall–Kier alpha value is -2.54. The van der Waals surface area contributed by atoms with Crippen LogP contribution in [0.2, 0.25) is 0 Å². The number of carbonyl (C=O) groups excluding carboxylic acids is 1.